The maximum Gasteiger partial charge on any atom is 0.326 e. The lowest BCUT2D eigenvalue weighted by atomic mass is 10.0. The average Bonchev–Trinajstić information content (AvgIpc) is 2.87. The zero-order valence-electron chi connectivity index (χ0n) is 20.6. The number of carbonyl (C=O) groups is 3. The Morgan fingerprint density at radius 3 is 2.08 bits per heavy atom. The van der Waals surface area contributed by atoms with Crippen LogP contribution in [0.1, 0.15) is 21.5 Å². The van der Waals surface area contributed by atoms with Crippen molar-refractivity contribution in [2.45, 2.75) is 17.4 Å². The number of amides is 2. The summed E-state index contributed by atoms with van der Waals surface area (Å²) in [7, 11) is -2.24. The number of carbonyl (C=O) groups excluding carboxylic acids is 2. The van der Waals surface area contributed by atoms with Gasteiger partial charge in [-0.3, -0.25) is 9.59 Å². The van der Waals surface area contributed by atoms with E-state index in [2.05, 4.69) is 15.8 Å². The van der Waals surface area contributed by atoms with Gasteiger partial charge in [0.25, 0.3) is 11.8 Å². The second-order valence-electron chi connectivity index (χ2n) is 8.24. The Balaban J connectivity index is 1.72. The zero-order valence-corrected chi connectivity index (χ0v) is 23.0. The van der Waals surface area contributed by atoms with Gasteiger partial charge in [-0.15, -0.1) is 0 Å². The molecular formula is C26H23Cl2N3O7S. The highest BCUT2D eigenvalue weighted by Gasteiger charge is 2.25. The van der Waals surface area contributed by atoms with Gasteiger partial charge in [-0.25, -0.2) is 13.2 Å². The minimum atomic E-state index is -3.45. The van der Waals surface area contributed by atoms with Crippen LogP contribution in [0.3, 0.4) is 0 Å². The molecule has 39 heavy (non-hydrogen) atoms. The number of aliphatic carboxylic acids is 1. The topological polar surface area (TPSA) is 151 Å². The van der Waals surface area contributed by atoms with Crippen LogP contribution in [0.15, 0.2) is 76.8 Å². The zero-order chi connectivity index (χ0) is 28.7. The number of oxime groups is 1. The van der Waals surface area contributed by atoms with E-state index >= 15 is 0 Å². The molecule has 0 aliphatic rings. The summed E-state index contributed by atoms with van der Waals surface area (Å²) >= 11 is 12.1. The minimum absolute atomic E-state index is 0.0430. The maximum absolute atomic E-state index is 12.9. The normalized spacial score (nSPS) is 12.4. The number of benzene rings is 3. The fourth-order valence-corrected chi connectivity index (χ4v) is 4.67. The van der Waals surface area contributed by atoms with E-state index in [1.54, 1.807) is 42.5 Å². The fraction of sp³-hybridized carbons (Fsp3) is 0.154. The fourth-order valence-electron chi connectivity index (χ4n) is 3.47. The van der Waals surface area contributed by atoms with Crippen LogP contribution in [0, 0.1) is 0 Å². The van der Waals surface area contributed by atoms with Gasteiger partial charge in [0.05, 0.1) is 20.5 Å². The van der Waals surface area contributed by atoms with E-state index in [9.17, 15) is 27.9 Å². The lowest BCUT2D eigenvalue weighted by molar-refractivity contribution is -0.141. The largest absolute Gasteiger partial charge is 0.480 e. The number of halogens is 2. The number of hydrogen-bond donors (Lipinski definition) is 3. The molecule has 204 valence electrons. The second-order valence-corrected chi connectivity index (χ2v) is 11.1. The Morgan fingerprint density at radius 1 is 0.974 bits per heavy atom. The molecule has 0 aliphatic carbocycles. The molecule has 0 aliphatic heterocycles. The molecule has 0 bridgehead atoms. The molecule has 3 rings (SSSR count). The molecule has 0 radical (unpaired) electrons. The van der Waals surface area contributed by atoms with Gasteiger partial charge >= 0.3 is 5.97 Å². The van der Waals surface area contributed by atoms with Crippen LogP contribution in [0.5, 0.6) is 0 Å². The molecule has 0 saturated carbocycles. The van der Waals surface area contributed by atoms with Gasteiger partial charge in [0.1, 0.15) is 13.2 Å². The van der Waals surface area contributed by atoms with E-state index in [1.165, 1.54) is 31.4 Å². The van der Waals surface area contributed by atoms with Gasteiger partial charge in [-0.2, -0.15) is 0 Å². The molecule has 3 N–H and O–H groups in total. The van der Waals surface area contributed by atoms with Crippen LogP contribution >= 0.6 is 23.2 Å². The molecule has 0 fully saturated rings. The van der Waals surface area contributed by atoms with Crippen molar-refractivity contribution >= 4 is 62.2 Å². The highest BCUT2D eigenvalue weighted by atomic mass is 35.5. The number of hydrogen-bond acceptors (Lipinski definition) is 7. The first-order chi connectivity index (χ1) is 18.4. The summed E-state index contributed by atoms with van der Waals surface area (Å²) < 4.78 is 23.4. The van der Waals surface area contributed by atoms with Gasteiger partial charge in [-0.05, 0) is 42.0 Å². The van der Waals surface area contributed by atoms with Crippen LogP contribution < -0.4 is 10.6 Å². The van der Waals surface area contributed by atoms with Crippen molar-refractivity contribution in [2.24, 2.45) is 5.16 Å². The lowest BCUT2D eigenvalue weighted by Gasteiger charge is -2.16. The van der Waals surface area contributed by atoms with Crippen molar-refractivity contribution in [2.75, 3.05) is 18.7 Å². The summed E-state index contributed by atoms with van der Waals surface area (Å²) in [4.78, 5) is 42.2. The smallest absolute Gasteiger partial charge is 0.326 e. The van der Waals surface area contributed by atoms with Crippen molar-refractivity contribution in [1.29, 1.82) is 0 Å². The number of nitrogens with one attached hydrogen (secondary N) is 2. The van der Waals surface area contributed by atoms with Crippen LogP contribution in [0.2, 0.25) is 10.0 Å². The minimum Gasteiger partial charge on any atom is -0.480 e. The molecule has 0 spiro atoms. The van der Waals surface area contributed by atoms with Gasteiger partial charge < -0.3 is 20.6 Å². The predicted octanol–water partition coefficient (Wildman–Crippen LogP) is 3.81. The molecule has 0 saturated heterocycles. The number of carboxylic acid groups (broad SMARTS) is 1. The third kappa shape index (κ3) is 7.79. The Bertz CT molecular complexity index is 1500. The van der Waals surface area contributed by atoms with E-state index in [-0.39, 0.29) is 38.2 Å². The van der Waals surface area contributed by atoms with Crippen molar-refractivity contribution in [3.63, 3.8) is 0 Å². The van der Waals surface area contributed by atoms with Crippen molar-refractivity contribution in [1.82, 2.24) is 5.32 Å². The summed E-state index contributed by atoms with van der Waals surface area (Å²) in [6, 6.07) is 15.0. The molecule has 0 heterocycles. The quantitative estimate of drug-likeness (QED) is 0.239. The van der Waals surface area contributed by atoms with Gasteiger partial charge in [0.2, 0.25) is 0 Å². The maximum atomic E-state index is 12.9. The van der Waals surface area contributed by atoms with E-state index in [0.29, 0.717) is 11.3 Å². The Labute approximate surface area is 234 Å². The third-order valence-electron chi connectivity index (χ3n) is 5.40. The molecule has 0 unspecified atom stereocenters. The lowest BCUT2D eigenvalue weighted by Crippen LogP contribution is -2.45. The average molecular weight is 592 g/mol. The monoisotopic (exact) mass is 591 g/mol. The molecule has 1 atom stereocenters. The molecular weight excluding hydrogens is 569 g/mol. The third-order valence-corrected chi connectivity index (χ3v) is 7.16. The van der Waals surface area contributed by atoms with Crippen molar-refractivity contribution in [3.05, 3.63) is 93.5 Å². The highest BCUT2D eigenvalue weighted by molar-refractivity contribution is 7.90. The first kappa shape index (κ1) is 29.6. The number of sulfone groups is 1. The number of carboxylic acids is 1. The van der Waals surface area contributed by atoms with Gasteiger partial charge in [-0.1, -0.05) is 58.7 Å². The summed E-state index contributed by atoms with van der Waals surface area (Å²) in [5.74, 6) is -2.64. The summed E-state index contributed by atoms with van der Waals surface area (Å²) in [5.41, 5.74) is 1.09. The van der Waals surface area contributed by atoms with E-state index in [0.717, 1.165) is 6.26 Å². The van der Waals surface area contributed by atoms with Crippen molar-refractivity contribution < 1.29 is 32.7 Å². The summed E-state index contributed by atoms with van der Waals surface area (Å²) in [6.07, 6.45) is 0.963. The number of rotatable bonds is 10. The predicted molar refractivity (Wildman–Crippen MR) is 147 cm³/mol. The second kappa shape index (κ2) is 12.7. The number of anilines is 1. The van der Waals surface area contributed by atoms with Crippen LogP contribution in [-0.2, 0) is 30.7 Å². The van der Waals surface area contributed by atoms with Gasteiger partial charge in [0, 0.05) is 23.9 Å². The standard InChI is InChI=1S/C26H23Cl2N3O7S/c1-38-31-23(16-8-12-18(13-9-16)39(2,36)37)25(33)30-21(26(34)35)14-15-6-10-17(11-7-15)29-24(32)22-19(27)4-3-5-20(22)28/h3-13,21H,14H2,1-2H3,(H,29,32)(H,30,33)(H,34,35)/t21-/m0/s1. The molecule has 10 nitrogen and oxygen atoms in total. The van der Waals surface area contributed by atoms with Gasteiger partial charge in [0.15, 0.2) is 15.5 Å². The summed E-state index contributed by atoms with van der Waals surface area (Å²) in [6.45, 7) is 0. The molecule has 13 heteroatoms. The SMILES string of the molecule is CON=C(C(=O)N[C@@H](Cc1ccc(NC(=O)c2c(Cl)cccc2Cl)cc1)C(=O)O)c1ccc(S(C)(=O)=O)cc1. The Kier molecular flexibility index (Phi) is 9.68. The van der Waals surface area contributed by atoms with E-state index in [4.69, 9.17) is 28.0 Å². The highest BCUT2D eigenvalue weighted by Crippen LogP contribution is 2.25. The Morgan fingerprint density at radius 2 is 1.56 bits per heavy atom. The van der Waals surface area contributed by atoms with E-state index < -0.39 is 33.7 Å². The van der Waals surface area contributed by atoms with E-state index in [1.807, 2.05) is 0 Å². The number of nitrogens with zero attached hydrogens (tertiary/aromatic N) is 1. The first-order valence-electron chi connectivity index (χ1n) is 11.2. The molecule has 0 aromatic heterocycles. The summed E-state index contributed by atoms with van der Waals surface area (Å²) in [5, 5.41) is 18.9. The van der Waals surface area contributed by atoms with Crippen LogP contribution in [0.25, 0.3) is 0 Å². The molecule has 3 aromatic rings. The molecule has 2 amide bonds. The Hall–Kier alpha value is -3.93. The first-order valence-corrected chi connectivity index (χ1v) is 13.8. The molecule has 3 aromatic carbocycles. The van der Waals surface area contributed by atoms with Crippen LogP contribution in [-0.4, -0.2) is 56.4 Å². The van der Waals surface area contributed by atoms with Crippen molar-refractivity contribution in [3.8, 4) is 0 Å². The van der Waals surface area contributed by atoms with Crippen LogP contribution in [0.4, 0.5) is 5.69 Å².